The van der Waals surface area contributed by atoms with Crippen LogP contribution in [0, 0.1) is 0 Å². The number of nitrogens with zero attached hydrogens (tertiary/aromatic N) is 5. The molecule has 7 heteroatoms. The van der Waals surface area contributed by atoms with Gasteiger partial charge < -0.3 is 15.1 Å². The number of thioether (sulfide) groups is 1. The topological polar surface area (TPSA) is 57.2 Å². The van der Waals surface area contributed by atoms with Gasteiger partial charge >= 0.3 is 0 Å². The second kappa shape index (κ2) is 7.61. The second-order valence-corrected chi connectivity index (χ2v) is 6.45. The van der Waals surface area contributed by atoms with Crippen LogP contribution in [0.4, 0.5) is 11.6 Å². The van der Waals surface area contributed by atoms with Crippen LogP contribution in [0.15, 0.2) is 35.7 Å². The van der Waals surface area contributed by atoms with Crippen LogP contribution in [0.25, 0.3) is 0 Å². The molecule has 0 aliphatic carbocycles. The second-order valence-electron chi connectivity index (χ2n) is 5.62. The third-order valence-electron chi connectivity index (χ3n) is 3.92. The zero-order valence-corrected chi connectivity index (χ0v) is 14.4. The van der Waals surface area contributed by atoms with Crippen molar-refractivity contribution in [2.75, 3.05) is 49.7 Å². The third-order valence-corrected chi connectivity index (χ3v) is 4.58. The molecule has 0 radical (unpaired) electrons. The van der Waals surface area contributed by atoms with Crippen molar-refractivity contribution in [2.24, 2.45) is 0 Å². The fraction of sp³-hybridized carbons (Fsp3) is 0.438. The average Bonchev–Trinajstić information content (AvgIpc) is 2.61. The van der Waals surface area contributed by atoms with E-state index in [2.05, 4.69) is 37.1 Å². The molecule has 122 valence electrons. The maximum absolute atomic E-state index is 4.50. The first-order valence-corrected chi connectivity index (χ1v) is 8.95. The van der Waals surface area contributed by atoms with E-state index in [4.69, 9.17) is 0 Å². The molecule has 2 aromatic rings. The SMILES string of the molecule is CSc1ccc(NCc2cnc(N3CCN(C)CC3)nc2)cn1. The minimum absolute atomic E-state index is 0.698. The molecule has 1 saturated heterocycles. The summed E-state index contributed by atoms with van der Waals surface area (Å²) in [6, 6.07) is 4.05. The maximum Gasteiger partial charge on any atom is 0.225 e. The molecular formula is C16H22N6S. The maximum atomic E-state index is 4.50. The molecule has 2 aromatic heterocycles. The largest absolute Gasteiger partial charge is 0.380 e. The minimum Gasteiger partial charge on any atom is -0.380 e. The van der Waals surface area contributed by atoms with Gasteiger partial charge in [0.2, 0.25) is 5.95 Å². The van der Waals surface area contributed by atoms with Gasteiger partial charge in [0.05, 0.1) is 16.9 Å². The molecule has 0 bridgehead atoms. The van der Waals surface area contributed by atoms with Crippen LogP contribution >= 0.6 is 11.8 Å². The van der Waals surface area contributed by atoms with Crippen molar-refractivity contribution in [3.05, 3.63) is 36.3 Å². The highest BCUT2D eigenvalue weighted by Crippen LogP contribution is 2.15. The summed E-state index contributed by atoms with van der Waals surface area (Å²) in [6.07, 6.45) is 7.68. The molecule has 0 aromatic carbocycles. The predicted octanol–water partition coefficient (Wildman–Crippen LogP) is 1.96. The Bertz CT molecular complexity index is 607. The van der Waals surface area contributed by atoms with Gasteiger partial charge in [-0.15, -0.1) is 11.8 Å². The van der Waals surface area contributed by atoms with Crippen molar-refractivity contribution in [1.82, 2.24) is 19.9 Å². The van der Waals surface area contributed by atoms with Crippen LogP contribution in [0.2, 0.25) is 0 Å². The zero-order chi connectivity index (χ0) is 16.1. The number of anilines is 2. The molecule has 6 nitrogen and oxygen atoms in total. The fourth-order valence-electron chi connectivity index (χ4n) is 2.42. The van der Waals surface area contributed by atoms with Crippen LogP contribution in [0.3, 0.4) is 0 Å². The summed E-state index contributed by atoms with van der Waals surface area (Å²) in [5, 5.41) is 4.37. The van der Waals surface area contributed by atoms with E-state index in [1.807, 2.05) is 37.0 Å². The van der Waals surface area contributed by atoms with Crippen LogP contribution in [-0.4, -0.2) is 59.3 Å². The number of likely N-dealkylation sites (N-methyl/N-ethyl adjacent to an activating group) is 1. The average molecular weight is 330 g/mol. The van der Waals surface area contributed by atoms with Gasteiger partial charge in [-0.25, -0.2) is 15.0 Å². The monoisotopic (exact) mass is 330 g/mol. The van der Waals surface area contributed by atoms with Crippen LogP contribution in [0.5, 0.6) is 0 Å². The van der Waals surface area contributed by atoms with E-state index in [0.29, 0.717) is 6.54 Å². The Kier molecular flexibility index (Phi) is 5.30. The normalized spacial score (nSPS) is 15.7. The van der Waals surface area contributed by atoms with Crippen LogP contribution in [0.1, 0.15) is 5.56 Å². The number of aromatic nitrogens is 3. The summed E-state index contributed by atoms with van der Waals surface area (Å²) >= 11 is 1.64. The highest BCUT2D eigenvalue weighted by molar-refractivity contribution is 7.98. The fourth-order valence-corrected chi connectivity index (χ4v) is 2.78. The summed E-state index contributed by atoms with van der Waals surface area (Å²) in [5.74, 6) is 0.827. The lowest BCUT2D eigenvalue weighted by Crippen LogP contribution is -2.45. The Morgan fingerprint density at radius 3 is 2.39 bits per heavy atom. The molecule has 1 fully saturated rings. The lowest BCUT2D eigenvalue weighted by molar-refractivity contribution is 0.311. The van der Waals surface area contributed by atoms with E-state index in [0.717, 1.165) is 48.4 Å². The summed E-state index contributed by atoms with van der Waals surface area (Å²) in [4.78, 5) is 17.9. The number of hydrogen-bond donors (Lipinski definition) is 1. The molecule has 1 aliphatic heterocycles. The van der Waals surface area contributed by atoms with Crippen molar-refractivity contribution in [3.8, 4) is 0 Å². The quantitative estimate of drug-likeness (QED) is 0.841. The summed E-state index contributed by atoms with van der Waals surface area (Å²) < 4.78 is 0. The van der Waals surface area contributed by atoms with Crippen LogP contribution in [-0.2, 0) is 6.54 Å². The highest BCUT2D eigenvalue weighted by Gasteiger charge is 2.15. The smallest absolute Gasteiger partial charge is 0.225 e. The Hall–Kier alpha value is -1.86. The number of pyridine rings is 1. The molecule has 0 saturated carbocycles. The van der Waals surface area contributed by atoms with Crippen LogP contribution < -0.4 is 10.2 Å². The predicted molar refractivity (Wildman–Crippen MR) is 95.1 cm³/mol. The third kappa shape index (κ3) is 4.33. The van der Waals surface area contributed by atoms with Gasteiger partial charge in [-0.2, -0.15) is 0 Å². The van der Waals surface area contributed by atoms with Gasteiger partial charge in [-0.05, 0) is 25.4 Å². The van der Waals surface area contributed by atoms with Gasteiger partial charge in [-0.1, -0.05) is 0 Å². The molecule has 1 aliphatic rings. The van der Waals surface area contributed by atoms with Gasteiger partial charge in [0.15, 0.2) is 0 Å². The van der Waals surface area contributed by atoms with E-state index in [-0.39, 0.29) is 0 Å². The van der Waals surface area contributed by atoms with E-state index >= 15 is 0 Å². The highest BCUT2D eigenvalue weighted by atomic mass is 32.2. The molecular weight excluding hydrogens is 308 g/mol. The Labute approximate surface area is 141 Å². The standard InChI is InChI=1S/C16H22N6S/c1-21-5-7-22(8-6-21)16-19-10-13(11-20-16)9-17-14-3-4-15(23-2)18-12-14/h3-4,10-12,17H,5-9H2,1-2H3. The molecule has 1 N–H and O–H groups in total. The van der Waals surface area contributed by atoms with Gasteiger partial charge in [0, 0.05) is 50.7 Å². The number of nitrogens with one attached hydrogen (secondary N) is 1. The number of hydrogen-bond acceptors (Lipinski definition) is 7. The molecule has 0 spiro atoms. The van der Waals surface area contributed by atoms with Gasteiger partial charge in [0.1, 0.15) is 0 Å². The first kappa shape index (κ1) is 16.0. The molecule has 0 amide bonds. The lowest BCUT2D eigenvalue weighted by atomic mass is 10.3. The summed E-state index contributed by atoms with van der Waals surface area (Å²) in [7, 11) is 2.15. The molecule has 0 unspecified atom stereocenters. The first-order chi connectivity index (χ1) is 11.2. The van der Waals surface area contributed by atoms with Gasteiger partial charge in [0.25, 0.3) is 0 Å². The number of piperazine rings is 1. The van der Waals surface area contributed by atoms with E-state index in [9.17, 15) is 0 Å². The Morgan fingerprint density at radius 2 is 1.78 bits per heavy atom. The Balaban J connectivity index is 1.54. The summed E-state index contributed by atoms with van der Waals surface area (Å²) in [5.41, 5.74) is 2.07. The first-order valence-electron chi connectivity index (χ1n) is 7.73. The lowest BCUT2D eigenvalue weighted by Gasteiger charge is -2.32. The van der Waals surface area contributed by atoms with Crippen molar-refractivity contribution >= 4 is 23.4 Å². The van der Waals surface area contributed by atoms with Crippen molar-refractivity contribution in [3.63, 3.8) is 0 Å². The minimum atomic E-state index is 0.698. The van der Waals surface area contributed by atoms with E-state index in [1.165, 1.54) is 0 Å². The molecule has 3 heterocycles. The zero-order valence-electron chi connectivity index (χ0n) is 13.6. The van der Waals surface area contributed by atoms with Crippen molar-refractivity contribution < 1.29 is 0 Å². The summed E-state index contributed by atoms with van der Waals surface area (Å²) in [6.45, 7) is 4.80. The van der Waals surface area contributed by atoms with Crippen molar-refractivity contribution in [1.29, 1.82) is 0 Å². The van der Waals surface area contributed by atoms with E-state index < -0.39 is 0 Å². The van der Waals surface area contributed by atoms with Gasteiger partial charge in [-0.3, -0.25) is 0 Å². The van der Waals surface area contributed by atoms with E-state index in [1.54, 1.807) is 11.8 Å². The number of rotatable bonds is 5. The molecule has 23 heavy (non-hydrogen) atoms. The van der Waals surface area contributed by atoms with Crippen molar-refractivity contribution in [2.45, 2.75) is 11.6 Å². The molecule has 3 rings (SSSR count). The Morgan fingerprint density at radius 1 is 1.04 bits per heavy atom. The molecule has 0 atom stereocenters.